The molecule has 0 aromatic heterocycles. The second kappa shape index (κ2) is 5.06. The Morgan fingerprint density at radius 2 is 2.11 bits per heavy atom. The van der Waals surface area contributed by atoms with Crippen LogP contribution in [0, 0.1) is 17.7 Å². The van der Waals surface area contributed by atoms with Gasteiger partial charge in [0.05, 0.1) is 11.8 Å². The molecule has 18 heavy (non-hydrogen) atoms. The lowest BCUT2D eigenvalue weighted by molar-refractivity contribution is -0.140. The van der Waals surface area contributed by atoms with Crippen LogP contribution in [0.2, 0.25) is 0 Å². The first-order valence-corrected chi connectivity index (χ1v) is 6.22. The van der Waals surface area contributed by atoms with E-state index in [-0.39, 0.29) is 18.3 Å². The number of aliphatic carboxylic acids is 1. The van der Waals surface area contributed by atoms with E-state index < -0.39 is 17.8 Å². The summed E-state index contributed by atoms with van der Waals surface area (Å²) in [4.78, 5) is 22.2. The molecular weight excluding hydrogens is 305 g/mol. The molecule has 1 aromatic carbocycles. The van der Waals surface area contributed by atoms with Gasteiger partial charge in [0, 0.05) is 11.0 Å². The SMILES string of the molecule is O=C(O)C1CC1C(=O)NCc1cc(F)cc(Br)c1. The number of carbonyl (C=O) groups excluding carboxylic acids is 1. The number of nitrogens with one attached hydrogen (secondary N) is 1. The fraction of sp³-hybridized carbons (Fsp3) is 0.333. The Kier molecular flexibility index (Phi) is 3.65. The van der Waals surface area contributed by atoms with E-state index in [1.807, 2.05) is 0 Å². The van der Waals surface area contributed by atoms with Crippen LogP contribution >= 0.6 is 15.9 Å². The third-order valence-electron chi connectivity index (χ3n) is 2.83. The second-order valence-corrected chi connectivity index (χ2v) is 5.20. The molecule has 0 radical (unpaired) electrons. The molecule has 0 spiro atoms. The molecule has 0 bridgehead atoms. The zero-order valence-corrected chi connectivity index (χ0v) is 10.9. The molecule has 96 valence electrons. The normalized spacial score (nSPS) is 21.4. The van der Waals surface area contributed by atoms with Crippen molar-refractivity contribution in [1.29, 1.82) is 0 Å². The standard InChI is InChI=1S/C12H11BrFNO3/c13-7-1-6(2-8(14)3-7)5-15-11(16)9-4-10(9)12(17)18/h1-3,9-10H,4-5H2,(H,15,16)(H,17,18). The maximum absolute atomic E-state index is 13.1. The topological polar surface area (TPSA) is 66.4 Å². The van der Waals surface area contributed by atoms with Crippen LogP contribution < -0.4 is 5.32 Å². The molecule has 0 aliphatic heterocycles. The Balaban J connectivity index is 1.88. The predicted molar refractivity (Wildman–Crippen MR) is 65.2 cm³/mol. The summed E-state index contributed by atoms with van der Waals surface area (Å²) in [5.74, 6) is -2.63. The number of hydrogen-bond acceptors (Lipinski definition) is 2. The number of carbonyl (C=O) groups is 2. The van der Waals surface area contributed by atoms with E-state index in [1.165, 1.54) is 12.1 Å². The number of amides is 1. The lowest BCUT2D eigenvalue weighted by Gasteiger charge is -2.05. The minimum atomic E-state index is -0.941. The smallest absolute Gasteiger partial charge is 0.307 e. The van der Waals surface area contributed by atoms with Gasteiger partial charge in [-0.2, -0.15) is 0 Å². The number of carboxylic acids is 1. The molecule has 2 atom stereocenters. The highest BCUT2D eigenvalue weighted by atomic mass is 79.9. The highest BCUT2D eigenvalue weighted by Crippen LogP contribution is 2.38. The molecule has 4 nitrogen and oxygen atoms in total. The van der Waals surface area contributed by atoms with Gasteiger partial charge in [-0.25, -0.2) is 4.39 Å². The van der Waals surface area contributed by atoms with Crippen LogP contribution in [-0.4, -0.2) is 17.0 Å². The molecule has 0 saturated heterocycles. The third-order valence-corrected chi connectivity index (χ3v) is 3.29. The van der Waals surface area contributed by atoms with E-state index in [0.717, 1.165) is 0 Å². The van der Waals surface area contributed by atoms with E-state index in [1.54, 1.807) is 6.07 Å². The Bertz CT molecular complexity index is 486. The summed E-state index contributed by atoms with van der Waals surface area (Å²) in [5, 5.41) is 11.3. The van der Waals surface area contributed by atoms with Gasteiger partial charge in [0.25, 0.3) is 0 Å². The van der Waals surface area contributed by atoms with Gasteiger partial charge in [-0.05, 0) is 30.2 Å². The van der Waals surface area contributed by atoms with Crippen molar-refractivity contribution in [2.75, 3.05) is 0 Å². The molecule has 1 aromatic rings. The summed E-state index contributed by atoms with van der Waals surface area (Å²) in [6.07, 6.45) is 0.383. The quantitative estimate of drug-likeness (QED) is 0.892. The highest BCUT2D eigenvalue weighted by Gasteiger charge is 2.48. The minimum absolute atomic E-state index is 0.192. The Hall–Kier alpha value is -1.43. The molecule has 1 saturated carbocycles. The number of halogens is 2. The Labute approximate surface area is 111 Å². The summed E-state index contributed by atoms with van der Waals surface area (Å²) < 4.78 is 13.7. The second-order valence-electron chi connectivity index (χ2n) is 4.28. The maximum atomic E-state index is 13.1. The monoisotopic (exact) mass is 315 g/mol. The van der Waals surface area contributed by atoms with Crippen LogP contribution in [0.1, 0.15) is 12.0 Å². The van der Waals surface area contributed by atoms with Gasteiger partial charge in [-0.1, -0.05) is 15.9 Å². The van der Waals surface area contributed by atoms with E-state index >= 15 is 0 Å². The number of benzene rings is 1. The Morgan fingerprint density at radius 1 is 1.39 bits per heavy atom. The molecule has 1 aliphatic carbocycles. The zero-order chi connectivity index (χ0) is 13.3. The van der Waals surface area contributed by atoms with Gasteiger partial charge in [-0.3, -0.25) is 9.59 Å². The Morgan fingerprint density at radius 3 is 2.67 bits per heavy atom. The molecule has 2 unspecified atom stereocenters. The molecule has 0 heterocycles. The van der Waals surface area contributed by atoms with Crippen LogP contribution in [0.4, 0.5) is 4.39 Å². The van der Waals surface area contributed by atoms with Crippen molar-refractivity contribution < 1.29 is 19.1 Å². The van der Waals surface area contributed by atoms with Gasteiger partial charge in [0.15, 0.2) is 0 Å². The zero-order valence-electron chi connectivity index (χ0n) is 9.32. The number of rotatable bonds is 4. The van der Waals surface area contributed by atoms with E-state index in [9.17, 15) is 14.0 Å². The summed E-state index contributed by atoms with van der Waals surface area (Å²) in [6, 6.07) is 4.35. The van der Waals surface area contributed by atoms with Crippen LogP contribution in [-0.2, 0) is 16.1 Å². The van der Waals surface area contributed by atoms with Crippen molar-refractivity contribution in [3.63, 3.8) is 0 Å². The first-order chi connectivity index (χ1) is 8.47. The van der Waals surface area contributed by atoms with Gasteiger partial charge < -0.3 is 10.4 Å². The van der Waals surface area contributed by atoms with Gasteiger partial charge in [-0.15, -0.1) is 0 Å². The maximum Gasteiger partial charge on any atom is 0.307 e. The average molecular weight is 316 g/mol. The first kappa shape index (κ1) is 13.0. The molecule has 1 amide bonds. The molecule has 6 heteroatoms. The van der Waals surface area contributed by atoms with Gasteiger partial charge >= 0.3 is 5.97 Å². The molecule has 2 rings (SSSR count). The summed E-state index contributed by atoms with van der Waals surface area (Å²) >= 11 is 3.16. The lowest BCUT2D eigenvalue weighted by atomic mass is 10.2. The lowest BCUT2D eigenvalue weighted by Crippen LogP contribution is -2.25. The van der Waals surface area contributed by atoms with Crippen molar-refractivity contribution in [2.24, 2.45) is 11.8 Å². The highest BCUT2D eigenvalue weighted by molar-refractivity contribution is 9.10. The number of hydrogen-bond donors (Lipinski definition) is 2. The van der Waals surface area contributed by atoms with E-state index in [2.05, 4.69) is 21.2 Å². The summed E-state index contributed by atoms with van der Waals surface area (Å²) in [6.45, 7) is 0.192. The third kappa shape index (κ3) is 3.07. The molecular formula is C12H11BrFNO3. The van der Waals surface area contributed by atoms with Crippen LogP contribution in [0.25, 0.3) is 0 Å². The van der Waals surface area contributed by atoms with Gasteiger partial charge in [0.1, 0.15) is 5.82 Å². The van der Waals surface area contributed by atoms with Crippen molar-refractivity contribution in [3.8, 4) is 0 Å². The molecule has 2 N–H and O–H groups in total. The summed E-state index contributed by atoms with van der Waals surface area (Å²) in [5.41, 5.74) is 0.628. The van der Waals surface area contributed by atoms with Crippen LogP contribution in [0.3, 0.4) is 0 Å². The van der Waals surface area contributed by atoms with Crippen LogP contribution in [0.15, 0.2) is 22.7 Å². The molecule has 1 aliphatic rings. The largest absolute Gasteiger partial charge is 0.481 e. The van der Waals surface area contributed by atoms with Crippen LogP contribution in [0.5, 0.6) is 0 Å². The average Bonchev–Trinajstić information content (AvgIpc) is 3.04. The van der Waals surface area contributed by atoms with Crippen molar-refractivity contribution >= 4 is 27.8 Å². The van der Waals surface area contributed by atoms with Crippen molar-refractivity contribution in [2.45, 2.75) is 13.0 Å². The molecule has 1 fully saturated rings. The summed E-state index contributed by atoms with van der Waals surface area (Å²) in [7, 11) is 0. The number of carboxylic acid groups (broad SMARTS) is 1. The van der Waals surface area contributed by atoms with E-state index in [4.69, 9.17) is 5.11 Å². The van der Waals surface area contributed by atoms with Crippen molar-refractivity contribution in [1.82, 2.24) is 5.32 Å². The van der Waals surface area contributed by atoms with E-state index in [0.29, 0.717) is 16.5 Å². The predicted octanol–water partition coefficient (Wildman–Crippen LogP) is 1.93. The first-order valence-electron chi connectivity index (χ1n) is 5.43. The van der Waals surface area contributed by atoms with Gasteiger partial charge in [0.2, 0.25) is 5.91 Å². The fourth-order valence-electron chi connectivity index (χ4n) is 1.79. The van der Waals surface area contributed by atoms with Crippen molar-refractivity contribution in [3.05, 3.63) is 34.1 Å². The fourth-order valence-corrected chi connectivity index (χ4v) is 2.30. The minimum Gasteiger partial charge on any atom is -0.481 e.